The molecule has 1 aromatic rings. The molecule has 102 valence electrons. The predicted molar refractivity (Wildman–Crippen MR) is 69.7 cm³/mol. The molecule has 0 heterocycles. The van der Waals surface area contributed by atoms with Crippen molar-refractivity contribution in [3.05, 3.63) is 28.8 Å². The highest BCUT2D eigenvalue weighted by Gasteiger charge is 2.23. The summed E-state index contributed by atoms with van der Waals surface area (Å²) in [6.45, 7) is 0.0998. The van der Waals surface area contributed by atoms with Crippen molar-refractivity contribution in [2.45, 2.75) is 25.3 Å². The fourth-order valence-electron chi connectivity index (χ4n) is 1.60. The van der Waals surface area contributed by atoms with Crippen molar-refractivity contribution >= 4 is 23.5 Å². The molecule has 6 heteroatoms. The van der Waals surface area contributed by atoms with E-state index < -0.39 is 5.97 Å². The van der Waals surface area contributed by atoms with Crippen molar-refractivity contribution in [2.24, 2.45) is 0 Å². The lowest BCUT2D eigenvalue weighted by molar-refractivity contribution is -0.121. The Morgan fingerprint density at radius 1 is 1.42 bits per heavy atom. The van der Waals surface area contributed by atoms with E-state index in [9.17, 15) is 9.59 Å². The van der Waals surface area contributed by atoms with Gasteiger partial charge in [-0.05, 0) is 25.0 Å². The largest absolute Gasteiger partial charge is 0.491 e. The molecule has 1 aliphatic carbocycles. The molecule has 0 saturated heterocycles. The Balaban J connectivity index is 1.91. The molecule has 0 unspecified atom stereocenters. The molecule has 0 bridgehead atoms. The number of para-hydroxylation sites is 1. The van der Waals surface area contributed by atoms with E-state index in [1.54, 1.807) is 12.1 Å². The molecule has 0 aromatic heterocycles. The summed E-state index contributed by atoms with van der Waals surface area (Å²) in [6.07, 6.45) is 2.24. The number of ether oxygens (including phenoxy) is 1. The van der Waals surface area contributed by atoms with Gasteiger partial charge in [-0.3, -0.25) is 4.79 Å². The first kappa shape index (κ1) is 13.7. The van der Waals surface area contributed by atoms with Gasteiger partial charge >= 0.3 is 5.97 Å². The number of rotatable bonds is 6. The Morgan fingerprint density at radius 2 is 2.16 bits per heavy atom. The van der Waals surface area contributed by atoms with Crippen molar-refractivity contribution in [1.82, 2.24) is 5.32 Å². The fraction of sp³-hybridized carbons (Fsp3) is 0.385. The molecule has 1 aromatic carbocycles. The third-order valence-electron chi connectivity index (χ3n) is 2.72. The van der Waals surface area contributed by atoms with Gasteiger partial charge in [0.2, 0.25) is 5.91 Å². The smallest absolute Gasteiger partial charge is 0.339 e. The molecule has 1 fully saturated rings. The van der Waals surface area contributed by atoms with Gasteiger partial charge < -0.3 is 15.2 Å². The minimum atomic E-state index is -1.11. The number of hydrogen-bond acceptors (Lipinski definition) is 3. The first-order valence-electron chi connectivity index (χ1n) is 6.02. The van der Waals surface area contributed by atoms with E-state index in [-0.39, 0.29) is 35.3 Å². The molecular formula is C13H14ClNO4. The van der Waals surface area contributed by atoms with Gasteiger partial charge in [0.25, 0.3) is 0 Å². The Hall–Kier alpha value is -1.75. The number of hydrogen-bond donors (Lipinski definition) is 2. The normalized spacial score (nSPS) is 13.9. The van der Waals surface area contributed by atoms with Gasteiger partial charge in [0.05, 0.1) is 18.1 Å². The number of carboxylic acids is 1. The Bertz CT molecular complexity index is 499. The van der Waals surface area contributed by atoms with Crippen LogP contribution >= 0.6 is 11.6 Å². The van der Waals surface area contributed by atoms with Crippen LogP contribution in [0.1, 0.15) is 29.6 Å². The van der Waals surface area contributed by atoms with Crippen LogP contribution in [0.25, 0.3) is 0 Å². The van der Waals surface area contributed by atoms with Crippen LogP contribution in [0.3, 0.4) is 0 Å². The number of carbonyl (C=O) groups excluding carboxylic acids is 1. The molecule has 0 radical (unpaired) electrons. The molecule has 0 atom stereocenters. The monoisotopic (exact) mass is 283 g/mol. The number of carbonyl (C=O) groups is 2. The number of halogens is 1. The molecule has 2 N–H and O–H groups in total. The topological polar surface area (TPSA) is 75.6 Å². The first-order chi connectivity index (χ1) is 9.08. The molecule has 1 aliphatic rings. The molecule has 19 heavy (non-hydrogen) atoms. The summed E-state index contributed by atoms with van der Waals surface area (Å²) < 4.78 is 5.33. The van der Waals surface area contributed by atoms with Crippen LogP contribution in [0.5, 0.6) is 5.75 Å². The van der Waals surface area contributed by atoms with Gasteiger partial charge in [-0.15, -0.1) is 0 Å². The Labute approximate surface area is 115 Å². The number of carboxylic acid groups (broad SMARTS) is 1. The highest BCUT2D eigenvalue weighted by atomic mass is 35.5. The summed E-state index contributed by atoms with van der Waals surface area (Å²) in [5.74, 6) is -1.10. The summed E-state index contributed by atoms with van der Waals surface area (Å²) in [4.78, 5) is 22.5. The van der Waals surface area contributed by atoms with Crippen molar-refractivity contribution in [3.8, 4) is 5.75 Å². The van der Waals surface area contributed by atoms with Crippen molar-refractivity contribution in [3.63, 3.8) is 0 Å². The second-order valence-electron chi connectivity index (χ2n) is 4.36. The molecule has 1 saturated carbocycles. The standard InChI is InChI=1S/C13H14ClNO4/c14-10-3-1-2-9(13(17)18)12(10)19-7-6-11(16)15-8-4-5-8/h1-3,8H,4-7H2,(H,15,16)(H,17,18). The molecule has 0 spiro atoms. The average molecular weight is 284 g/mol. The van der Waals surface area contributed by atoms with Crippen LogP contribution in [-0.2, 0) is 4.79 Å². The number of benzene rings is 1. The quantitative estimate of drug-likeness (QED) is 0.838. The third-order valence-corrected chi connectivity index (χ3v) is 3.01. The summed E-state index contributed by atoms with van der Waals surface area (Å²) in [5, 5.41) is 12.1. The molecular weight excluding hydrogens is 270 g/mol. The van der Waals surface area contributed by atoms with Gasteiger partial charge in [-0.25, -0.2) is 4.79 Å². The number of amides is 1. The summed E-state index contributed by atoms with van der Waals surface area (Å²) in [7, 11) is 0. The Kier molecular flexibility index (Phi) is 4.27. The van der Waals surface area contributed by atoms with Gasteiger partial charge in [0.15, 0.2) is 5.75 Å². The maximum absolute atomic E-state index is 11.4. The Morgan fingerprint density at radius 3 is 2.79 bits per heavy atom. The highest BCUT2D eigenvalue weighted by molar-refractivity contribution is 6.32. The SMILES string of the molecule is O=C(CCOc1c(Cl)cccc1C(=O)O)NC1CC1. The van der Waals surface area contributed by atoms with Crippen LogP contribution in [0, 0.1) is 0 Å². The van der Waals surface area contributed by atoms with E-state index in [1.807, 2.05) is 0 Å². The minimum absolute atomic E-state index is 0.00454. The van der Waals surface area contributed by atoms with E-state index in [0.29, 0.717) is 6.04 Å². The second-order valence-corrected chi connectivity index (χ2v) is 4.77. The zero-order chi connectivity index (χ0) is 13.8. The molecule has 5 nitrogen and oxygen atoms in total. The summed E-state index contributed by atoms with van der Waals surface area (Å²) in [5.41, 5.74) is -0.00454. The maximum Gasteiger partial charge on any atom is 0.339 e. The molecule has 1 amide bonds. The average Bonchev–Trinajstić information content (AvgIpc) is 3.14. The van der Waals surface area contributed by atoms with Gasteiger partial charge in [-0.1, -0.05) is 17.7 Å². The first-order valence-corrected chi connectivity index (χ1v) is 6.39. The van der Waals surface area contributed by atoms with E-state index >= 15 is 0 Å². The van der Waals surface area contributed by atoms with Crippen molar-refractivity contribution in [2.75, 3.05) is 6.61 Å². The highest BCUT2D eigenvalue weighted by Crippen LogP contribution is 2.28. The minimum Gasteiger partial charge on any atom is -0.491 e. The second kappa shape index (κ2) is 5.93. The molecule has 0 aliphatic heterocycles. The third kappa shape index (κ3) is 3.86. The van der Waals surface area contributed by atoms with Crippen LogP contribution < -0.4 is 10.1 Å². The van der Waals surface area contributed by atoms with Crippen molar-refractivity contribution in [1.29, 1.82) is 0 Å². The summed E-state index contributed by atoms with van der Waals surface area (Å²) in [6, 6.07) is 4.81. The molecule has 2 rings (SSSR count). The van der Waals surface area contributed by atoms with Crippen LogP contribution in [0.2, 0.25) is 5.02 Å². The van der Waals surface area contributed by atoms with Crippen molar-refractivity contribution < 1.29 is 19.4 Å². The fourth-order valence-corrected chi connectivity index (χ4v) is 1.83. The lowest BCUT2D eigenvalue weighted by Gasteiger charge is -2.10. The zero-order valence-electron chi connectivity index (χ0n) is 10.2. The maximum atomic E-state index is 11.4. The number of nitrogens with one attached hydrogen (secondary N) is 1. The van der Waals surface area contributed by atoms with E-state index in [1.165, 1.54) is 6.07 Å². The van der Waals surface area contributed by atoms with E-state index in [2.05, 4.69) is 5.32 Å². The van der Waals surface area contributed by atoms with Gasteiger partial charge in [0, 0.05) is 6.04 Å². The number of aromatic carboxylic acids is 1. The van der Waals surface area contributed by atoms with Crippen LogP contribution in [-0.4, -0.2) is 29.6 Å². The van der Waals surface area contributed by atoms with Gasteiger partial charge in [0.1, 0.15) is 5.56 Å². The lowest BCUT2D eigenvalue weighted by atomic mass is 10.2. The van der Waals surface area contributed by atoms with E-state index in [0.717, 1.165) is 12.8 Å². The van der Waals surface area contributed by atoms with Crippen LogP contribution in [0.15, 0.2) is 18.2 Å². The summed E-state index contributed by atoms with van der Waals surface area (Å²) >= 11 is 5.89. The lowest BCUT2D eigenvalue weighted by Crippen LogP contribution is -2.26. The van der Waals surface area contributed by atoms with Crippen LogP contribution in [0.4, 0.5) is 0 Å². The predicted octanol–water partition coefficient (Wildman–Crippen LogP) is 2.09. The van der Waals surface area contributed by atoms with E-state index in [4.69, 9.17) is 21.4 Å². The van der Waals surface area contributed by atoms with Gasteiger partial charge in [-0.2, -0.15) is 0 Å². The zero-order valence-corrected chi connectivity index (χ0v) is 10.9.